The molecule has 0 aliphatic carbocycles. The molecule has 0 unspecified atom stereocenters. The second-order valence-corrected chi connectivity index (χ2v) is 3.21. The van der Waals surface area contributed by atoms with Crippen LogP contribution in [0.4, 0.5) is 18.9 Å². The lowest BCUT2D eigenvalue weighted by Gasteiger charge is -2.04. The smallest absolute Gasteiger partial charge is 0.258 e. The van der Waals surface area contributed by atoms with Gasteiger partial charge in [0.2, 0.25) is 5.82 Å². The fourth-order valence-corrected chi connectivity index (χ4v) is 1.38. The Morgan fingerprint density at radius 2 is 2.00 bits per heavy atom. The molecule has 0 atom stereocenters. The molecule has 0 amide bonds. The van der Waals surface area contributed by atoms with E-state index < -0.39 is 28.4 Å². The van der Waals surface area contributed by atoms with Crippen LogP contribution in [-0.4, -0.2) is 4.92 Å². The second-order valence-electron chi connectivity index (χ2n) is 2.35. The molecular weight excluding hydrogens is 267 g/mol. The fourth-order valence-electron chi connectivity index (χ4n) is 0.899. The van der Waals surface area contributed by atoms with Crippen LogP contribution < -0.4 is 0 Å². The summed E-state index contributed by atoms with van der Waals surface area (Å²) < 4.78 is 37.4. The number of halogens is 4. The highest BCUT2D eigenvalue weighted by atomic mass is 79.9. The molecule has 0 fully saturated rings. The summed E-state index contributed by atoms with van der Waals surface area (Å²) in [6.45, 7) is 0. The molecule has 0 aromatic heterocycles. The normalized spacial score (nSPS) is 10.6. The summed E-state index contributed by atoms with van der Waals surface area (Å²) >= 11 is 2.69. The topological polar surface area (TPSA) is 43.1 Å². The highest BCUT2D eigenvalue weighted by Crippen LogP contribution is 2.34. The standard InChI is InChI=1S/C7H3BrF3NO2/c8-3-1-2-4(12(13)14)6(9)5(3)7(10)11/h1-2,7H. The number of nitro groups is 1. The van der Waals surface area contributed by atoms with Gasteiger partial charge in [0.1, 0.15) is 0 Å². The minimum Gasteiger partial charge on any atom is -0.258 e. The van der Waals surface area contributed by atoms with Crippen LogP contribution in [0.15, 0.2) is 16.6 Å². The lowest BCUT2D eigenvalue weighted by atomic mass is 10.2. The third kappa shape index (κ3) is 1.87. The van der Waals surface area contributed by atoms with Gasteiger partial charge in [-0.25, -0.2) is 8.78 Å². The monoisotopic (exact) mass is 269 g/mol. The maximum Gasteiger partial charge on any atom is 0.305 e. The highest BCUT2D eigenvalue weighted by molar-refractivity contribution is 9.10. The molecule has 76 valence electrons. The first kappa shape index (κ1) is 11.0. The number of nitrogens with zero attached hydrogens (tertiary/aromatic N) is 1. The van der Waals surface area contributed by atoms with E-state index in [0.717, 1.165) is 12.1 Å². The van der Waals surface area contributed by atoms with Crippen molar-refractivity contribution in [2.45, 2.75) is 6.43 Å². The number of benzene rings is 1. The molecule has 0 N–H and O–H groups in total. The molecule has 1 aromatic rings. The van der Waals surface area contributed by atoms with Crippen molar-refractivity contribution >= 4 is 21.6 Å². The first-order valence-electron chi connectivity index (χ1n) is 3.35. The molecule has 14 heavy (non-hydrogen) atoms. The number of hydrogen-bond acceptors (Lipinski definition) is 2. The van der Waals surface area contributed by atoms with Crippen molar-refractivity contribution in [1.29, 1.82) is 0 Å². The van der Waals surface area contributed by atoms with Gasteiger partial charge < -0.3 is 0 Å². The Kier molecular flexibility index (Phi) is 3.10. The average molecular weight is 270 g/mol. The summed E-state index contributed by atoms with van der Waals surface area (Å²) in [5.74, 6) is -1.50. The molecular formula is C7H3BrF3NO2. The van der Waals surface area contributed by atoms with Gasteiger partial charge in [-0.2, -0.15) is 4.39 Å². The van der Waals surface area contributed by atoms with E-state index >= 15 is 0 Å². The van der Waals surface area contributed by atoms with E-state index in [1.54, 1.807) is 0 Å². The van der Waals surface area contributed by atoms with E-state index in [1.165, 1.54) is 0 Å². The minimum atomic E-state index is -3.09. The largest absolute Gasteiger partial charge is 0.305 e. The van der Waals surface area contributed by atoms with Crippen LogP contribution in [0.5, 0.6) is 0 Å². The van der Waals surface area contributed by atoms with Gasteiger partial charge >= 0.3 is 5.69 Å². The fraction of sp³-hybridized carbons (Fsp3) is 0.143. The van der Waals surface area contributed by atoms with E-state index in [9.17, 15) is 23.3 Å². The van der Waals surface area contributed by atoms with Gasteiger partial charge in [-0.15, -0.1) is 0 Å². The van der Waals surface area contributed by atoms with Crippen molar-refractivity contribution in [3.63, 3.8) is 0 Å². The van der Waals surface area contributed by atoms with E-state index in [1.807, 2.05) is 0 Å². The first-order valence-corrected chi connectivity index (χ1v) is 4.15. The van der Waals surface area contributed by atoms with Crippen LogP contribution >= 0.6 is 15.9 Å². The van der Waals surface area contributed by atoms with Crippen molar-refractivity contribution in [3.05, 3.63) is 38.1 Å². The molecule has 0 saturated heterocycles. The van der Waals surface area contributed by atoms with Crippen molar-refractivity contribution in [3.8, 4) is 0 Å². The third-order valence-corrected chi connectivity index (χ3v) is 2.21. The number of nitro benzene ring substituents is 1. The van der Waals surface area contributed by atoms with Crippen LogP contribution in [0.25, 0.3) is 0 Å². The second kappa shape index (κ2) is 3.95. The Morgan fingerprint density at radius 3 is 2.43 bits per heavy atom. The molecule has 0 aliphatic rings. The summed E-state index contributed by atoms with van der Waals surface area (Å²) in [6, 6.07) is 1.84. The van der Waals surface area contributed by atoms with Gasteiger partial charge in [0.25, 0.3) is 6.43 Å². The lowest BCUT2D eigenvalue weighted by molar-refractivity contribution is -0.387. The maximum atomic E-state index is 13.1. The Hall–Kier alpha value is -1.11. The zero-order valence-electron chi connectivity index (χ0n) is 6.51. The summed E-state index contributed by atoms with van der Waals surface area (Å²) in [5.41, 5.74) is -1.94. The molecule has 7 heteroatoms. The van der Waals surface area contributed by atoms with Gasteiger partial charge in [-0.3, -0.25) is 10.1 Å². The molecule has 0 spiro atoms. The number of rotatable bonds is 2. The SMILES string of the molecule is O=[N+]([O-])c1ccc(Br)c(C(F)F)c1F. The Balaban J connectivity index is 3.41. The Morgan fingerprint density at radius 1 is 1.43 bits per heavy atom. The van der Waals surface area contributed by atoms with Crippen LogP contribution in [-0.2, 0) is 0 Å². The van der Waals surface area contributed by atoms with Crippen LogP contribution in [0, 0.1) is 15.9 Å². The van der Waals surface area contributed by atoms with Gasteiger partial charge in [-0.1, -0.05) is 15.9 Å². The molecule has 3 nitrogen and oxygen atoms in total. The predicted molar refractivity (Wildman–Crippen MR) is 45.7 cm³/mol. The number of alkyl halides is 2. The lowest BCUT2D eigenvalue weighted by Crippen LogP contribution is -1.99. The van der Waals surface area contributed by atoms with E-state index in [2.05, 4.69) is 15.9 Å². The summed E-state index contributed by atoms with van der Waals surface area (Å²) in [7, 11) is 0. The van der Waals surface area contributed by atoms with Crippen LogP contribution in [0.3, 0.4) is 0 Å². The number of hydrogen-bond donors (Lipinski definition) is 0. The van der Waals surface area contributed by atoms with Gasteiger partial charge in [0.15, 0.2) is 0 Å². The molecule has 0 radical (unpaired) electrons. The molecule has 0 aliphatic heterocycles. The van der Waals surface area contributed by atoms with Gasteiger partial charge in [-0.05, 0) is 6.07 Å². The van der Waals surface area contributed by atoms with Crippen LogP contribution in [0.1, 0.15) is 12.0 Å². The zero-order chi connectivity index (χ0) is 10.9. The molecule has 0 heterocycles. The Bertz CT molecular complexity index is 383. The van der Waals surface area contributed by atoms with E-state index in [0.29, 0.717) is 0 Å². The third-order valence-electron chi connectivity index (χ3n) is 1.52. The van der Waals surface area contributed by atoms with Crippen LogP contribution in [0.2, 0.25) is 0 Å². The summed E-state index contributed by atoms with van der Waals surface area (Å²) in [6.07, 6.45) is -3.09. The van der Waals surface area contributed by atoms with Gasteiger partial charge in [0, 0.05) is 10.5 Å². The van der Waals surface area contributed by atoms with Crippen molar-refractivity contribution < 1.29 is 18.1 Å². The quantitative estimate of drug-likeness (QED) is 0.610. The van der Waals surface area contributed by atoms with Crippen molar-refractivity contribution in [1.82, 2.24) is 0 Å². The maximum absolute atomic E-state index is 13.1. The van der Waals surface area contributed by atoms with E-state index in [-0.39, 0.29) is 4.47 Å². The van der Waals surface area contributed by atoms with Crippen molar-refractivity contribution in [2.75, 3.05) is 0 Å². The highest BCUT2D eigenvalue weighted by Gasteiger charge is 2.25. The Labute approximate surface area is 84.8 Å². The molecule has 0 saturated carbocycles. The predicted octanol–water partition coefficient (Wildman–Crippen LogP) is 3.43. The molecule has 1 aromatic carbocycles. The first-order chi connectivity index (χ1) is 6.45. The minimum absolute atomic E-state index is 0.185. The average Bonchev–Trinajstić information content (AvgIpc) is 2.02. The molecule has 1 rings (SSSR count). The molecule has 0 bridgehead atoms. The zero-order valence-corrected chi connectivity index (χ0v) is 8.09. The summed E-state index contributed by atoms with van der Waals surface area (Å²) in [4.78, 5) is 9.17. The van der Waals surface area contributed by atoms with Crippen molar-refractivity contribution in [2.24, 2.45) is 0 Å². The van der Waals surface area contributed by atoms with Gasteiger partial charge in [0.05, 0.1) is 10.5 Å². The van der Waals surface area contributed by atoms with E-state index in [4.69, 9.17) is 0 Å². The summed E-state index contributed by atoms with van der Waals surface area (Å²) in [5, 5.41) is 10.2.